The molecule has 0 bridgehead atoms. The van der Waals surface area contributed by atoms with E-state index < -0.39 is 23.5 Å². The van der Waals surface area contributed by atoms with Crippen LogP contribution in [0.25, 0.3) is 22.3 Å². The highest BCUT2D eigenvalue weighted by Crippen LogP contribution is 2.44. The van der Waals surface area contributed by atoms with Gasteiger partial charge in [-0.25, -0.2) is 9.78 Å². The lowest BCUT2D eigenvalue weighted by Gasteiger charge is -2.37. The number of pyridine rings is 2. The van der Waals surface area contributed by atoms with Crippen LogP contribution in [0.2, 0.25) is 0 Å². The molecule has 2 saturated carbocycles. The monoisotopic (exact) mass is 818 g/mol. The summed E-state index contributed by atoms with van der Waals surface area (Å²) >= 11 is 1.53. The smallest absolute Gasteiger partial charge is 0.355 e. The predicted octanol–water partition coefficient (Wildman–Crippen LogP) is 6.79. The van der Waals surface area contributed by atoms with E-state index in [0.29, 0.717) is 68.2 Å². The average molecular weight is 819 g/mol. The number of fused-ring (bicyclic) bond motifs is 5. The van der Waals surface area contributed by atoms with Crippen molar-refractivity contribution < 1.29 is 34.1 Å². The molecule has 4 aromatic rings. The van der Waals surface area contributed by atoms with Crippen LogP contribution < -0.4 is 10.9 Å². The van der Waals surface area contributed by atoms with E-state index in [1.165, 1.54) is 11.8 Å². The zero-order valence-electron chi connectivity index (χ0n) is 31.4. The Labute approximate surface area is 333 Å². The number of rotatable bonds is 11. The van der Waals surface area contributed by atoms with Crippen LogP contribution in [-0.2, 0) is 49.2 Å². The molecule has 3 atom stereocenters. The molecule has 1 amide bonds. The van der Waals surface area contributed by atoms with Crippen molar-refractivity contribution in [1.29, 1.82) is 0 Å². The summed E-state index contributed by atoms with van der Waals surface area (Å²) in [4.78, 5) is 60.0. The van der Waals surface area contributed by atoms with Gasteiger partial charge in [0.25, 0.3) is 5.56 Å². The summed E-state index contributed by atoms with van der Waals surface area (Å²) in [5, 5.41) is 25.2. The van der Waals surface area contributed by atoms with Crippen LogP contribution in [0.5, 0.6) is 11.8 Å². The number of ether oxygens (including phenoxy) is 2. The highest BCUT2D eigenvalue weighted by Gasteiger charge is 2.51. The molecule has 1 aromatic carbocycles. The fourth-order valence-electron chi connectivity index (χ4n) is 9.10. The lowest BCUT2D eigenvalue weighted by atomic mass is 9.80. The van der Waals surface area contributed by atoms with Crippen LogP contribution in [0.15, 0.2) is 52.2 Å². The molecule has 2 aliphatic heterocycles. The van der Waals surface area contributed by atoms with Crippen molar-refractivity contribution in [2.75, 3.05) is 12.0 Å². The highest BCUT2D eigenvalue weighted by molar-refractivity contribution is 8.14. The Morgan fingerprint density at radius 3 is 2.52 bits per heavy atom. The second-order valence-corrected chi connectivity index (χ2v) is 19.2. The summed E-state index contributed by atoms with van der Waals surface area (Å²) in [5.41, 5.74) is 2.56. The van der Waals surface area contributed by atoms with E-state index in [2.05, 4.69) is 14.2 Å². The van der Waals surface area contributed by atoms with Gasteiger partial charge < -0.3 is 29.6 Å². The second kappa shape index (κ2) is 16.1. The minimum absolute atomic E-state index is 0.0568. The fraction of sp³-hybridized carbons (Fsp3) is 0.488. The third-order valence-electron chi connectivity index (χ3n) is 12.4. The molecule has 15 heteroatoms. The van der Waals surface area contributed by atoms with Gasteiger partial charge in [0.1, 0.15) is 6.61 Å². The molecule has 2 unspecified atom stereocenters. The SMILES string of the molecule is CC[C@@]1(OC(=O)C2CCC(CNC(=O)C3CCC(Cn4c(O)cc(SCPP)c4O)CC3)CC2)C(=O)OCc2c1cc1n(c2=O)Cc2cc3ccccc3nc2-1. The van der Waals surface area contributed by atoms with Crippen molar-refractivity contribution >= 4 is 57.7 Å². The Kier molecular flexibility index (Phi) is 11.2. The molecular weight excluding hydrogens is 770 g/mol. The normalized spacial score (nSPS) is 24.4. The number of aromatic hydroxyl groups is 2. The number of para-hydroxylation sites is 1. The van der Waals surface area contributed by atoms with Crippen molar-refractivity contribution in [2.45, 2.75) is 94.9 Å². The first kappa shape index (κ1) is 38.9. The van der Waals surface area contributed by atoms with Crippen LogP contribution in [0, 0.1) is 23.7 Å². The van der Waals surface area contributed by atoms with Crippen LogP contribution in [0.1, 0.15) is 81.4 Å². The van der Waals surface area contributed by atoms with E-state index in [9.17, 15) is 29.4 Å². The third-order valence-corrected chi connectivity index (χ3v) is 15.7. The predicted molar refractivity (Wildman–Crippen MR) is 219 cm³/mol. The number of hydrogen-bond donors (Lipinski definition) is 3. The number of amides is 1. The summed E-state index contributed by atoms with van der Waals surface area (Å²) < 4.78 is 15.0. The van der Waals surface area contributed by atoms with E-state index in [1.54, 1.807) is 28.2 Å². The van der Waals surface area contributed by atoms with Gasteiger partial charge in [0, 0.05) is 47.1 Å². The zero-order chi connectivity index (χ0) is 39.1. The number of esters is 2. The maximum atomic E-state index is 13.9. The number of nitrogens with zero attached hydrogens (tertiary/aromatic N) is 3. The van der Waals surface area contributed by atoms with Crippen LogP contribution in [-0.4, -0.2) is 54.2 Å². The first-order valence-electron chi connectivity index (χ1n) is 19.6. The number of benzene rings is 1. The van der Waals surface area contributed by atoms with Gasteiger partial charge in [-0.1, -0.05) is 33.4 Å². The molecule has 3 aromatic heterocycles. The first-order chi connectivity index (χ1) is 27.1. The second-order valence-electron chi connectivity index (χ2n) is 15.7. The number of aromatic nitrogens is 3. The summed E-state index contributed by atoms with van der Waals surface area (Å²) in [6.07, 6.45) is 5.93. The third kappa shape index (κ3) is 7.24. The molecule has 296 valence electrons. The van der Waals surface area contributed by atoms with Crippen LogP contribution in [0.4, 0.5) is 0 Å². The Hall–Kier alpha value is -3.92. The minimum atomic E-state index is -1.73. The topological polar surface area (TPSA) is 162 Å². The van der Waals surface area contributed by atoms with E-state index >= 15 is 0 Å². The molecular formula is C41H48N4O8P2S. The lowest BCUT2D eigenvalue weighted by molar-refractivity contribution is -0.192. The van der Waals surface area contributed by atoms with Gasteiger partial charge in [-0.3, -0.25) is 19.0 Å². The number of cyclic esters (lactones) is 1. The van der Waals surface area contributed by atoms with E-state index in [0.717, 1.165) is 60.5 Å². The van der Waals surface area contributed by atoms with Crippen molar-refractivity contribution in [3.05, 3.63) is 69.5 Å². The Bertz CT molecular complexity index is 2240. The van der Waals surface area contributed by atoms with Crippen LogP contribution >= 0.6 is 29.0 Å². The average Bonchev–Trinajstić information content (AvgIpc) is 3.71. The highest BCUT2D eigenvalue weighted by atomic mass is 32.2. The maximum absolute atomic E-state index is 13.9. The van der Waals surface area contributed by atoms with Gasteiger partial charge in [0.05, 0.1) is 39.8 Å². The molecule has 2 aliphatic carbocycles. The number of thioether (sulfide) groups is 1. The van der Waals surface area contributed by atoms with Crippen LogP contribution in [0.3, 0.4) is 0 Å². The standard InChI is InChI=1S/C41H48N4O8P2S/c1-2-41(30-16-32-35-28(15-27-5-3-4-6-31(27)43-35)20-44(32)37(48)29(30)21-52-40(41)51)53-39(50)26-13-7-23(8-14-26)18-42-36(47)25-11-9-24(10-12-25)19-45-34(46)17-33(38(45)49)56-22-55-54/h3-6,15-17,23-26,46,49,55H,2,7-14,18-22,54H2,1H3,(H,42,47)/t23?,24?,25?,26?,41-/m0/s1. The summed E-state index contributed by atoms with van der Waals surface area (Å²) in [6.45, 7) is 3.01. The minimum Gasteiger partial charge on any atom is -0.494 e. The molecule has 0 saturated heterocycles. The maximum Gasteiger partial charge on any atom is 0.355 e. The van der Waals surface area contributed by atoms with Gasteiger partial charge in [0.2, 0.25) is 17.4 Å². The molecule has 56 heavy (non-hydrogen) atoms. The zero-order valence-corrected chi connectivity index (χ0v) is 34.4. The van der Waals surface area contributed by atoms with Gasteiger partial charge >= 0.3 is 11.9 Å². The molecule has 2 fully saturated rings. The van der Waals surface area contributed by atoms with Crippen molar-refractivity contribution in [1.82, 2.24) is 19.4 Å². The number of carbonyl (C=O) groups excluding carboxylic acids is 3. The Morgan fingerprint density at radius 1 is 1.04 bits per heavy atom. The van der Waals surface area contributed by atoms with Gasteiger partial charge in [-0.2, -0.15) is 0 Å². The number of carbonyl (C=O) groups is 3. The summed E-state index contributed by atoms with van der Waals surface area (Å²) in [7, 11) is 3.36. The Balaban J connectivity index is 0.859. The van der Waals surface area contributed by atoms with Gasteiger partial charge in [-0.05, 0) is 87.8 Å². The molecule has 5 heterocycles. The fourth-order valence-corrected chi connectivity index (χ4v) is 11.2. The molecule has 4 aliphatic rings. The van der Waals surface area contributed by atoms with Crippen molar-refractivity contribution in [2.24, 2.45) is 23.7 Å². The summed E-state index contributed by atoms with van der Waals surface area (Å²) in [6, 6.07) is 13.2. The molecule has 3 N–H and O–H groups in total. The Morgan fingerprint density at radius 2 is 1.77 bits per heavy atom. The van der Waals surface area contributed by atoms with Gasteiger partial charge in [0.15, 0.2) is 5.88 Å². The van der Waals surface area contributed by atoms with E-state index in [4.69, 9.17) is 14.5 Å². The molecule has 8 rings (SSSR count). The van der Waals surface area contributed by atoms with Crippen molar-refractivity contribution in [3.8, 4) is 23.1 Å². The number of nitrogens with one attached hydrogen (secondary N) is 1. The number of hydrogen-bond acceptors (Lipinski definition) is 10. The lowest BCUT2D eigenvalue weighted by Crippen LogP contribution is -2.48. The quantitative estimate of drug-likeness (QED) is 0.0736. The van der Waals surface area contributed by atoms with E-state index in [1.807, 2.05) is 30.3 Å². The molecule has 0 spiro atoms. The molecule has 0 radical (unpaired) electrons. The molecule has 12 nitrogen and oxygen atoms in total. The van der Waals surface area contributed by atoms with Crippen molar-refractivity contribution in [3.63, 3.8) is 0 Å². The first-order valence-corrected chi connectivity index (χ1v) is 23.6. The largest absolute Gasteiger partial charge is 0.494 e. The summed E-state index contributed by atoms with van der Waals surface area (Å²) in [5.74, 6) is -0.886. The van der Waals surface area contributed by atoms with Gasteiger partial charge in [-0.15, -0.1) is 20.7 Å². The van der Waals surface area contributed by atoms with E-state index in [-0.39, 0.29) is 54.0 Å².